The quantitative estimate of drug-likeness (QED) is 0.316. The molecule has 6 nitrogen and oxygen atoms in total. The smallest absolute Gasteiger partial charge is 0.201 e. The van der Waals surface area contributed by atoms with Gasteiger partial charge in [-0.05, 0) is 42.5 Å². The standard InChI is InChI=1S/C16H11BrFN5O/c17-10-3-6-13(22-23-14(8-19)16(20)21)12(7-10)15(24)9-1-4-11(18)5-2-9/h1-7,22H,(H3,20,21)/b23-14+. The molecule has 0 aliphatic carbocycles. The summed E-state index contributed by atoms with van der Waals surface area (Å²) in [6.45, 7) is 0. The first-order valence-electron chi connectivity index (χ1n) is 6.60. The maximum atomic E-state index is 13.0. The molecule has 0 radical (unpaired) electrons. The predicted octanol–water partition coefficient (Wildman–Crippen LogP) is 3.05. The Labute approximate surface area is 145 Å². The highest BCUT2D eigenvalue weighted by molar-refractivity contribution is 9.10. The minimum atomic E-state index is -0.492. The molecule has 2 rings (SSSR count). The molecule has 8 heteroatoms. The van der Waals surface area contributed by atoms with Gasteiger partial charge < -0.3 is 5.73 Å². The zero-order valence-corrected chi connectivity index (χ0v) is 13.8. The number of benzene rings is 2. The van der Waals surface area contributed by atoms with Crippen LogP contribution < -0.4 is 11.2 Å². The van der Waals surface area contributed by atoms with Crippen molar-refractivity contribution in [1.82, 2.24) is 0 Å². The van der Waals surface area contributed by atoms with Gasteiger partial charge in [0.1, 0.15) is 11.9 Å². The molecule has 2 aromatic rings. The fourth-order valence-corrected chi connectivity index (χ4v) is 2.18. The SMILES string of the molecule is N#C/C(=N\Nc1ccc(Br)cc1C(=O)c1ccc(F)cc1)C(=N)N. The molecule has 0 aliphatic rings. The van der Waals surface area contributed by atoms with Gasteiger partial charge in [-0.2, -0.15) is 10.4 Å². The zero-order chi connectivity index (χ0) is 17.7. The molecule has 0 aliphatic heterocycles. The van der Waals surface area contributed by atoms with Crippen LogP contribution in [0, 0.1) is 22.6 Å². The van der Waals surface area contributed by atoms with Gasteiger partial charge >= 0.3 is 0 Å². The van der Waals surface area contributed by atoms with Crippen LogP contribution in [0.1, 0.15) is 15.9 Å². The van der Waals surface area contributed by atoms with Crippen LogP contribution >= 0.6 is 15.9 Å². The van der Waals surface area contributed by atoms with E-state index < -0.39 is 11.7 Å². The monoisotopic (exact) mass is 387 g/mol. The number of rotatable bonds is 5. The van der Waals surface area contributed by atoms with Gasteiger partial charge in [-0.3, -0.25) is 15.6 Å². The van der Waals surface area contributed by atoms with E-state index in [1.54, 1.807) is 24.3 Å². The number of nitrogens with two attached hydrogens (primary N) is 1. The van der Waals surface area contributed by atoms with Crippen LogP contribution in [0.25, 0.3) is 0 Å². The van der Waals surface area contributed by atoms with E-state index in [2.05, 4.69) is 26.5 Å². The number of nitriles is 1. The molecule has 120 valence electrons. The summed E-state index contributed by atoms with van der Waals surface area (Å²) in [6.07, 6.45) is 0. The van der Waals surface area contributed by atoms with Crippen LogP contribution in [-0.2, 0) is 0 Å². The molecule has 0 fully saturated rings. The Bertz CT molecular complexity index is 871. The summed E-state index contributed by atoms with van der Waals surface area (Å²) in [5.74, 6) is -1.28. The Balaban J connectivity index is 2.41. The molecule has 0 heterocycles. The van der Waals surface area contributed by atoms with E-state index in [0.717, 1.165) is 0 Å². The van der Waals surface area contributed by atoms with Gasteiger partial charge in [0.25, 0.3) is 0 Å². The Morgan fingerprint density at radius 2 is 1.96 bits per heavy atom. The van der Waals surface area contributed by atoms with E-state index in [1.807, 2.05) is 0 Å². The van der Waals surface area contributed by atoms with Gasteiger partial charge in [0.2, 0.25) is 5.71 Å². The number of nitrogens with zero attached hydrogens (tertiary/aromatic N) is 2. The van der Waals surface area contributed by atoms with Gasteiger partial charge in [-0.25, -0.2) is 4.39 Å². The van der Waals surface area contributed by atoms with Gasteiger partial charge in [0.05, 0.1) is 5.69 Å². The van der Waals surface area contributed by atoms with E-state index in [-0.39, 0.29) is 17.1 Å². The van der Waals surface area contributed by atoms with Gasteiger partial charge in [0, 0.05) is 15.6 Å². The lowest BCUT2D eigenvalue weighted by Gasteiger charge is -2.09. The van der Waals surface area contributed by atoms with Crippen molar-refractivity contribution in [3.05, 3.63) is 63.9 Å². The van der Waals surface area contributed by atoms with Crippen molar-refractivity contribution in [3.8, 4) is 6.07 Å². The Kier molecular flexibility index (Phi) is 5.39. The number of carbonyl (C=O) groups excluding carboxylic acids is 1. The second-order valence-corrected chi connectivity index (χ2v) is 5.54. The number of amidine groups is 1. The first-order valence-corrected chi connectivity index (χ1v) is 7.39. The average Bonchev–Trinajstić information content (AvgIpc) is 2.56. The van der Waals surface area contributed by atoms with E-state index in [1.165, 1.54) is 24.3 Å². The lowest BCUT2D eigenvalue weighted by Crippen LogP contribution is -2.22. The predicted molar refractivity (Wildman–Crippen MR) is 92.6 cm³/mol. The van der Waals surface area contributed by atoms with Crippen molar-refractivity contribution < 1.29 is 9.18 Å². The molecular formula is C16H11BrFN5O. The molecule has 0 amide bonds. The minimum Gasteiger partial charge on any atom is -0.382 e. The topological polar surface area (TPSA) is 115 Å². The lowest BCUT2D eigenvalue weighted by atomic mass is 10.0. The molecule has 0 atom stereocenters. The molecule has 0 unspecified atom stereocenters. The van der Waals surface area contributed by atoms with Crippen molar-refractivity contribution in [1.29, 1.82) is 10.7 Å². The first-order chi connectivity index (χ1) is 11.4. The number of anilines is 1. The fraction of sp³-hybridized carbons (Fsp3) is 0. The second kappa shape index (κ2) is 7.48. The van der Waals surface area contributed by atoms with Crippen molar-refractivity contribution in [2.24, 2.45) is 10.8 Å². The number of hydrogen-bond acceptors (Lipinski definition) is 5. The first kappa shape index (κ1) is 17.3. The molecule has 0 bridgehead atoms. The van der Waals surface area contributed by atoms with Crippen molar-refractivity contribution in [3.63, 3.8) is 0 Å². The number of ketones is 1. The molecule has 0 aromatic heterocycles. The summed E-state index contributed by atoms with van der Waals surface area (Å²) in [4.78, 5) is 12.6. The molecule has 4 N–H and O–H groups in total. The van der Waals surface area contributed by atoms with E-state index in [0.29, 0.717) is 15.7 Å². The minimum absolute atomic E-state index is 0.264. The molecule has 0 spiro atoms. The second-order valence-electron chi connectivity index (χ2n) is 4.62. The Morgan fingerprint density at radius 1 is 1.29 bits per heavy atom. The van der Waals surface area contributed by atoms with Crippen molar-refractivity contribution in [2.45, 2.75) is 0 Å². The van der Waals surface area contributed by atoms with Gasteiger partial charge in [0.15, 0.2) is 11.6 Å². The van der Waals surface area contributed by atoms with Gasteiger partial charge in [-0.1, -0.05) is 15.9 Å². The third-order valence-corrected chi connectivity index (χ3v) is 3.48. The van der Waals surface area contributed by atoms with Crippen molar-refractivity contribution in [2.75, 3.05) is 5.43 Å². The van der Waals surface area contributed by atoms with E-state index >= 15 is 0 Å². The third kappa shape index (κ3) is 4.02. The molecule has 0 saturated heterocycles. The summed E-state index contributed by atoms with van der Waals surface area (Å²) < 4.78 is 13.7. The maximum Gasteiger partial charge on any atom is 0.201 e. The van der Waals surface area contributed by atoms with Crippen LogP contribution in [0.3, 0.4) is 0 Å². The maximum absolute atomic E-state index is 13.0. The Hall–Kier alpha value is -3.05. The van der Waals surface area contributed by atoms with Crippen LogP contribution in [0.2, 0.25) is 0 Å². The van der Waals surface area contributed by atoms with E-state index in [4.69, 9.17) is 16.4 Å². The average molecular weight is 388 g/mol. The normalized spacial score (nSPS) is 10.8. The highest BCUT2D eigenvalue weighted by Crippen LogP contribution is 2.24. The molecule has 24 heavy (non-hydrogen) atoms. The van der Waals surface area contributed by atoms with E-state index in [9.17, 15) is 9.18 Å². The summed E-state index contributed by atoms with van der Waals surface area (Å²) in [6, 6.07) is 11.6. The Morgan fingerprint density at radius 3 is 2.54 bits per heavy atom. The number of halogens is 2. The van der Waals surface area contributed by atoms with Crippen LogP contribution in [0.15, 0.2) is 52.0 Å². The number of carbonyl (C=O) groups is 1. The highest BCUT2D eigenvalue weighted by Gasteiger charge is 2.15. The largest absolute Gasteiger partial charge is 0.382 e. The van der Waals surface area contributed by atoms with Gasteiger partial charge in [-0.15, -0.1) is 0 Å². The molecular weight excluding hydrogens is 377 g/mol. The number of hydrazone groups is 1. The molecule has 0 saturated carbocycles. The summed E-state index contributed by atoms with van der Waals surface area (Å²) in [5, 5.41) is 19.8. The van der Waals surface area contributed by atoms with Crippen LogP contribution in [0.4, 0.5) is 10.1 Å². The van der Waals surface area contributed by atoms with Crippen molar-refractivity contribution >= 4 is 38.9 Å². The summed E-state index contributed by atoms with van der Waals surface area (Å²) >= 11 is 3.28. The summed E-state index contributed by atoms with van der Waals surface area (Å²) in [5.41, 5.74) is 8.36. The fourth-order valence-electron chi connectivity index (χ4n) is 1.82. The highest BCUT2D eigenvalue weighted by atomic mass is 79.9. The number of hydrogen-bond donors (Lipinski definition) is 3. The van der Waals surface area contributed by atoms with Crippen LogP contribution in [0.5, 0.6) is 0 Å². The van der Waals surface area contributed by atoms with Crippen LogP contribution in [-0.4, -0.2) is 17.3 Å². The molecule has 2 aromatic carbocycles. The number of nitrogens with one attached hydrogen (secondary N) is 2. The lowest BCUT2D eigenvalue weighted by molar-refractivity contribution is 0.103. The third-order valence-electron chi connectivity index (χ3n) is 2.98. The zero-order valence-electron chi connectivity index (χ0n) is 12.2. The summed E-state index contributed by atoms with van der Waals surface area (Å²) in [7, 11) is 0.